The Bertz CT molecular complexity index is 774. The minimum atomic E-state index is -0.686. The Morgan fingerprint density at radius 2 is 1.81 bits per heavy atom. The van der Waals surface area contributed by atoms with Gasteiger partial charge in [-0.05, 0) is 43.0 Å². The van der Waals surface area contributed by atoms with Gasteiger partial charge in [-0.25, -0.2) is 0 Å². The highest BCUT2D eigenvalue weighted by molar-refractivity contribution is 6.39. The average Bonchev–Trinajstić information content (AvgIpc) is 2.73. The summed E-state index contributed by atoms with van der Waals surface area (Å²) in [6.45, 7) is 2.36. The van der Waals surface area contributed by atoms with Crippen molar-refractivity contribution in [3.63, 3.8) is 0 Å². The van der Waals surface area contributed by atoms with E-state index in [4.69, 9.17) is 4.74 Å². The van der Waals surface area contributed by atoms with E-state index >= 15 is 0 Å². The molecule has 1 saturated heterocycles. The number of nitrogens with one attached hydrogen (secondary N) is 2. The van der Waals surface area contributed by atoms with Crippen LogP contribution in [0.3, 0.4) is 0 Å². The maximum absolute atomic E-state index is 12.1. The van der Waals surface area contributed by atoms with Crippen molar-refractivity contribution in [2.45, 2.75) is 12.8 Å². The van der Waals surface area contributed by atoms with Crippen LogP contribution in [0.1, 0.15) is 12.8 Å². The van der Waals surface area contributed by atoms with Crippen LogP contribution >= 0.6 is 0 Å². The van der Waals surface area contributed by atoms with E-state index in [1.54, 1.807) is 36.7 Å². The number of carbonyl (C=O) groups is 2. The van der Waals surface area contributed by atoms with Gasteiger partial charge in [-0.15, -0.1) is 0 Å². The Labute approximate surface area is 158 Å². The second-order valence-electron chi connectivity index (χ2n) is 6.50. The first kappa shape index (κ1) is 18.7. The molecule has 1 aromatic heterocycles. The number of benzene rings is 1. The molecular weight excluding hydrogens is 344 g/mol. The first-order valence-corrected chi connectivity index (χ1v) is 9.04. The molecule has 142 valence electrons. The van der Waals surface area contributed by atoms with Crippen LogP contribution in [0.15, 0.2) is 48.8 Å². The first-order chi connectivity index (χ1) is 13.2. The quantitative estimate of drug-likeness (QED) is 0.790. The molecule has 3 rings (SSSR count). The predicted molar refractivity (Wildman–Crippen MR) is 104 cm³/mol. The molecule has 0 aliphatic carbocycles. The lowest BCUT2D eigenvalue weighted by Crippen LogP contribution is -2.41. The van der Waals surface area contributed by atoms with Crippen molar-refractivity contribution in [1.29, 1.82) is 0 Å². The molecule has 1 aliphatic rings. The predicted octanol–water partition coefficient (Wildman–Crippen LogP) is 2.06. The number of hydrogen-bond acceptors (Lipinski definition) is 5. The fourth-order valence-corrected chi connectivity index (χ4v) is 3.19. The first-order valence-electron chi connectivity index (χ1n) is 9.04. The molecule has 7 heteroatoms. The summed E-state index contributed by atoms with van der Waals surface area (Å²) in [6.07, 6.45) is 5.53. The third kappa shape index (κ3) is 4.97. The van der Waals surface area contributed by atoms with Crippen molar-refractivity contribution in [3.8, 4) is 5.75 Å². The minimum absolute atomic E-state index is 0.367. The Hall–Kier alpha value is -3.09. The highest BCUT2D eigenvalue weighted by atomic mass is 16.5. The standard InChI is InChI=1S/C20H24N4O3/c1-27-18-5-3-2-4-17(18)23-20(26)19(25)22-14-15-8-12-24(13-9-15)16-6-10-21-11-7-16/h2-7,10-11,15H,8-9,12-14H2,1H3,(H,22,25)(H,23,26). The van der Waals surface area contributed by atoms with Gasteiger partial charge in [-0.2, -0.15) is 0 Å². The lowest BCUT2D eigenvalue weighted by molar-refractivity contribution is -0.136. The van der Waals surface area contributed by atoms with E-state index in [9.17, 15) is 9.59 Å². The van der Waals surface area contributed by atoms with Crippen LogP contribution in [0, 0.1) is 5.92 Å². The summed E-state index contributed by atoms with van der Waals surface area (Å²) in [5, 5.41) is 5.33. The van der Waals surface area contributed by atoms with Gasteiger partial charge >= 0.3 is 11.8 Å². The van der Waals surface area contributed by atoms with Gasteiger partial charge in [0.1, 0.15) is 5.75 Å². The van der Waals surface area contributed by atoms with Crippen molar-refractivity contribution in [2.24, 2.45) is 5.92 Å². The molecule has 0 unspecified atom stereocenters. The van der Waals surface area contributed by atoms with Gasteiger partial charge in [-0.3, -0.25) is 14.6 Å². The molecule has 7 nitrogen and oxygen atoms in total. The highest BCUT2D eigenvalue weighted by Crippen LogP contribution is 2.23. The smallest absolute Gasteiger partial charge is 0.313 e. The molecule has 1 aromatic carbocycles. The maximum Gasteiger partial charge on any atom is 0.313 e. The number of hydrogen-bond donors (Lipinski definition) is 2. The van der Waals surface area contributed by atoms with Crippen molar-refractivity contribution in [2.75, 3.05) is 37.0 Å². The number of aromatic nitrogens is 1. The van der Waals surface area contributed by atoms with Gasteiger partial charge < -0.3 is 20.3 Å². The Morgan fingerprint density at radius 3 is 2.52 bits per heavy atom. The molecule has 2 heterocycles. The molecule has 2 amide bonds. The van der Waals surface area contributed by atoms with Crippen LogP contribution in [0.4, 0.5) is 11.4 Å². The van der Waals surface area contributed by atoms with E-state index in [0.717, 1.165) is 25.9 Å². The molecule has 1 fully saturated rings. The molecule has 27 heavy (non-hydrogen) atoms. The molecular formula is C20H24N4O3. The van der Waals surface area contributed by atoms with Crippen LogP contribution < -0.4 is 20.3 Å². The van der Waals surface area contributed by atoms with Crippen LogP contribution in [0.2, 0.25) is 0 Å². The molecule has 2 N–H and O–H groups in total. The summed E-state index contributed by atoms with van der Waals surface area (Å²) in [5.41, 5.74) is 1.65. The fourth-order valence-electron chi connectivity index (χ4n) is 3.19. The molecule has 2 aromatic rings. The lowest BCUT2D eigenvalue weighted by atomic mass is 9.96. The third-order valence-electron chi connectivity index (χ3n) is 4.76. The zero-order chi connectivity index (χ0) is 19.1. The summed E-state index contributed by atoms with van der Waals surface area (Å²) in [4.78, 5) is 30.5. The number of nitrogens with zero attached hydrogens (tertiary/aromatic N) is 2. The third-order valence-corrected chi connectivity index (χ3v) is 4.76. The zero-order valence-corrected chi connectivity index (χ0v) is 15.4. The SMILES string of the molecule is COc1ccccc1NC(=O)C(=O)NCC1CCN(c2ccncc2)CC1. The summed E-state index contributed by atoms with van der Waals surface area (Å²) in [6, 6.07) is 11.0. The fraction of sp³-hybridized carbons (Fsp3) is 0.350. The summed E-state index contributed by atoms with van der Waals surface area (Å²) < 4.78 is 5.17. The van der Waals surface area contributed by atoms with Crippen LogP contribution in [0.5, 0.6) is 5.75 Å². The number of methoxy groups -OCH3 is 1. The van der Waals surface area contributed by atoms with Gasteiger partial charge in [0.15, 0.2) is 0 Å². The van der Waals surface area contributed by atoms with E-state index in [1.807, 2.05) is 12.1 Å². The number of rotatable bonds is 5. The molecule has 0 radical (unpaired) electrons. The summed E-state index contributed by atoms with van der Waals surface area (Å²) in [5.74, 6) is -0.431. The van der Waals surface area contributed by atoms with Gasteiger partial charge in [-0.1, -0.05) is 12.1 Å². The Morgan fingerprint density at radius 1 is 1.11 bits per heavy atom. The number of carbonyl (C=O) groups excluding carboxylic acids is 2. The molecule has 0 bridgehead atoms. The second-order valence-corrected chi connectivity index (χ2v) is 6.50. The molecule has 0 spiro atoms. The maximum atomic E-state index is 12.1. The minimum Gasteiger partial charge on any atom is -0.495 e. The van der Waals surface area contributed by atoms with E-state index < -0.39 is 11.8 Å². The lowest BCUT2D eigenvalue weighted by Gasteiger charge is -2.33. The van der Waals surface area contributed by atoms with Gasteiger partial charge in [0.05, 0.1) is 12.8 Å². The van der Waals surface area contributed by atoms with Crippen molar-refractivity contribution >= 4 is 23.2 Å². The number of piperidine rings is 1. The van der Waals surface area contributed by atoms with E-state index in [2.05, 4.69) is 20.5 Å². The van der Waals surface area contributed by atoms with E-state index in [0.29, 0.717) is 23.9 Å². The number of ether oxygens (including phenoxy) is 1. The highest BCUT2D eigenvalue weighted by Gasteiger charge is 2.22. The molecule has 0 atom stereocenters. The van der Waals surface area contributed by atoms with Crippen LogP contribution in [0.25, 0.3) is 0 Å². The summed E-state index contributed by atoms with van der Waals surface area (Å²) >= 11 is 0. The normalized spacial score (nSPS) is 14.5. The summed E-state index contributed by atoms with van der Waals surface area (Å²) in [7, 11) is 1.52. The number of pyridine rings is 1. The van der Waals surface area contributed by atoms with E-state index in [-0.39, 0.29) is 0 Å². The monoisotopic (exact) mass is 368 g/mol. The second kappa shape index (κ2) is 9.02. The average molecular weight is 368 g/mol. The van der Waals surface area contributed by atoms with Gasteiger partial charge in [0, 0.05) is 37.7 Å². The Balaban J connectivity index is 1.43. The number of para-hydroxylation sites is 2. The van der Waals surface area contributed by atoms with Gasteiger partial charge in [0.25, 0.3) is 0 Å². The van der Waals surface area contributed by atoms with Crippen molar-refractivity contribution in [1.82, 2.24) is 10.3 Å². The number of anilines is 2. The topological polar surface area (TPSA) is 83.6 Å². The van der Waals surface area contributed by atoms with Crippen LogP contribution in [-0.2, 0) is 9.59 Å². The van der Waals surface area contributed by atoms with E-state index in [1.165, 1.54) is 12.8 Å². The zero-order valence-electron chi connectivity index (χ0n) is 15.4. The Kier molecular flexibility index (Phi) is 6.25. The molecule has 1 aliphatic heterocycles. The number of amides is 2. The largest absolute Gasteiger partial charge is 0.495 e. The van der Waals surface area contributed by atoms with Crippen molar-refractivity contribution < 1.29 is 14.3 Å². The molecule has 0 saturated carbocycles. The van der Waals surface area contributed by atoms with Crippen LogP contribution in [-0.4, -0.2) is 43.5 Å². The van der Waals surface area contributed by atoms with Gasteiger partial charge in [0.2, 0.25) is 0 Å². The van der Waals surface area contributed by atoms with Crippen molar-refractivity contribution in [3.05, 3.63) is 48.8 Å².